The molecular weight excluding hydrogens is 214 g/mol. The number of anilines is 1. The molecule has 1 aromatic carbocycles. The van der Waals surface area contributed by atoms with Gasteiger partial charge in [-0.05, 0) is 24.5 Å². The maximum absolute atomic E-state index is 12.4. The SMILES string of the molecule is CC1CN(C(=O)C2CCCO2)c2ccccc21. The molecule has 3 heteroatoms. The molecule has 2 heterocycles. The van der Waals surface area contributed by atoms with Crippen molar-refractivity contribution >= 4 is 11.6 Å². The Morgan fingerprint density at radius 1 is 1.41 bits per heavy atom. The van der Waals surface area contributed by atoms with E-state index in [1.54, 1.807) is 0 Å². The molecule has 3 rings (SSSR count). The third-order valence-corrected chi connectivity index (χ3v) is 3.69. The second-order valence-electron chi connectivity index (χ2n) is 4.91. The van der Waals surface area contributed by atoms with Gasteiger partial charge in [0.05, 0.1) is 0 Å². The zero-order valence-corrected chi connectivity index (χ0v) is 10.1. The Morgan fingerprint density at radius 3 is 3.00 bits per heavy atom. The number of ether oxygens (including phenoxy) is 1. The van der Waals surface area contributed by atoms with Crippen molar-refractivity contribution in [3.05, 3.63) is 29.8 Å². The number of carbonyl (C=O) groups is 1. The quantitative estimate of drug-likeness (QED) is 0.742. The normalized spacial score (nSPS) is 27.2. The maximum atomic E-state index is 12.4. The van der Waals surface area contributed by atoms with Crippen LogP contribution in [0.15, 0.2) is 24.3 Å². The van der Waals surface area contributed by atoms with Crippen molar-refractivity contribution in [2.75, 3.05) is 18.1 Å². The molecule has 0 radical (unpaired) electrons. The minimum atomic E-state index is -0.214. The van der Waals surface area contributed by atoms with Gasteiger partial charge in [0.25, 0.3) is 5.91 Å². The summed E-state index contributed by atoms with van der Waals surface area (Å²) in [4.78, 5) is 14.3. The fourth-order valence-electron chi connectivity index (χ4n) is 2.78. The van der Waals surface area contributed by atoms with E-state index in [4.69, 9.17) is 4.74 Å². The molecule has 0 bridgehead atoms. The molecule has 0 aromatic heterocycles. The molecule has 1 aromatic rings. The van der Waals surface area contributed by atoms with Gasteiger partial charge in [-0.1, -0.05) is 25.1 Å². The van der Waals surface area contributed by atoms with E-state index in [0.29, 0.717) is 5.92 Å². The topological polar surface area (TPSA) is 29.5 Å². The van der Waals surface area contributed by atoms with Crippen molar-refractivity contribution in [3.63, 3.8) is 0 Å². The van der Waals surface area contributed by atoms with Gasteiger partial charge in [-0.25, -0.2) is 0 Å². The van der Waals surface area contributed by atoms with Crippen LogP contribution >= 0.6 is 0 Å². The molecule has 2 atom stereocenters. The molecule has 1 amide bonds. The largest absolute Gasteiger partial charge is 0.368 e. The predicted octanol–water partition coefficient (Wildman–Crippen LogP) is 2.32. The van der Waals surface area contributed by atoms with Gasteiger partial charge in [0, 0.05) is 24.8 Å². The summed E-state index contributed by atoms with van der Waals surface area (Å²) in [7, 11) is 0. The van der Waals surface area contributed by atoms with Gasteiger partial charge in [-0.15, -0.1) is 0 Å². The maximum Gasteiger partial charge on any atom is 0.256 e. The lowest BCUT2D eigenvalue weighted by atomic mass is 10.0. The summed E-state index contributed by atoms with van der Waals surface area (Å²) in [5, 5.41) is 0. The summed E-state index contributed by atoms with van der Waals surface area (Å²) in [6.45, 7) is 3.68. The highest BCUT2D eigenvalue weighted by atomic mass is 16.5. The molecule has 1 fully saturated rings. The number of amides is 1. The molecule has 17 heavy (non-hydrogen) atoms. The molecule has 1 saturated heterocycles. The number of nitrogens with zero attached hydrogens (tertiary/aromatic N) is 1. The lowest BCUT2D eigenvalue weighted by Gasteiger charge is -2.21. The number of para-hydroxylation sites is 1. The Hall–Kier alpha value is -1.35. The van der Waals surface area contributed by atoms with E-state index >= 15 is 0 Å². The molecule has 2 aliphatic heterocycles. The fourth-order valence-corrected chi connectivity index (χ4v) is 2.78. The first-order chi connectivity index (χ1) is 8.27. The molecule has 0 saturated carbocycles. The van der Waals surface area contributed by atoms with Crippen LogP contribution in [0.4, 0.5) is 5.69 Å². The second-order valence-corrected chi connectivity index (χ2v) is 4.91. The summed E-state index contributed by atoms with van der Waals surface area (Å²) >= 11 is 0. The summed E-state index contributed by atoms with van der Waals surface area (Å²) in [6.07, 6.45) is 1.65. The van der Waals surface area contributed by atoms with Crippen LogP contribution in [-0.2, 0) is 9.53 Å². The van der Waals surface area contributed by atoms with Crippen LogP contribution < -0.4 is 4.90 Å². The van der Waals surface area contributed by atoms with E-state index in [0.717, 1.165) is 31.7 Å². The third kappa shape index (κ3) is 1.75. The highest BCUT2D eigenvalue weighted by Gasteiger charge is 2.34. The predicted molar refractivity (Wildman–Crippen MR) is 66.2 cm³/mol. The van der Waals surface area contributed by atoms with Crippen LogP contribution in [0, 0.1) is 0 Å². The summed E-state index contributed by atoms with van der Waals surface area (Å²) < 4.78 is 5.49. The Morgan fingerprint density at radius 2 is 2.24 bits per heavy atom. The molecule has 3 nitrogen and oxygen atoms in total. The van der Waals surface area contributed by atoms with Crippen molar-refractivity contribution in [2.24, 2.45) is 0 Å². The third-order valence-electron chi connectivity index (χ3n) is 3.69. The van der Waals surface area contributed by atoms with E-state index in [2.05, 4.69) is 13.0 Å². The number of rotatable bonds is 1. The van der Waals surface area contributed by atoms with E-state index in [1.165, 1.54) is 5.56 Å². The average Bonchev–Trinajstić information content (AvgIpc) is 2.97. The van der Waals surface area contributed by atoms with Crippen LogP contribution in [0.2, 0.25) is 0 Å². The molecule has 0 aliphatic carbocycles. The van der Waals surface area contributed by atoms with E-state index < -0.39 is 0 Å². The van der Waals surface area contributed by atoms with Gasteiger partial charge in [0.1, 0.15) is 6.10 Å². The number of benzene rings is 1. The van der Waals surface area contributed by atoms with Gasteiger partial charge < -0.3 is 9.64 Å². The van der Waals surface area contributed by atoms with Crippen LogP contribution in [0.5, 0.6) is 0 Å². The molecule has 2 unspecified atom stereocenters. The van der Waals surface area contributed by atoms with E-state index in [9.17, 15) is 4.79 Å². The van der Waals surface area contributed by atoms with Gasteiger partial charge >= 0.3 is 0 Å². The lowest BCUT2D eigenvalue weighted by Crippen LogP contribution is -2.38. The van der Waals surface area contributed by atoms with Crippen LogP contribution in [0.25, 0.3) is 0 Å². The lowest BCUT2D eigenvalue weighted by molar-refractivity contribution is -0.127. The molecule has 90 valence electrons. The first kappa shape index (κ1) is 10.8. The summed E-state index contributed by atoms with van der Waals surface area (Å²) in [6, 6.07) is 8.18. The number of hydrogen-bond acceptors (Lipinski definition) is 2. The zero-order chi connectivity index (χ0) is 11.8. The number of hydrogen-bond donors (Lipinski definition) is 0. The first-order valence-corrected chi connectivity index (χ1v) is 6.29. The minimum absolute atomic E-state index is 0.138. The highest BCUT2D eigenvalue weighted by Crippen LogP contribution is 2.36. The Balaban J connectivity index is 1.88. The standard InChI is InChI=1S/C14H17NO2/c1-10-9-15(12-6-3-2-5-11(10)12)14(16)13-7-4-8-17-13/h2-3,5-6,10,13H,4,7-9H2,1H3. The fraction of sp³-hybridized carbons (Fsp3) is 0.500. The molecule has 0 N–H and O–H groups in total. The monoisotopic (exact) mass is 231 g/mol. The van der Waals surface area contributed by atoms with Crippen molar-refractivity contribution in [1.29, 1.82) is 0 Å². The molecule has 0 spiro atoms. The zero-order valence-electron chi connectivity index (χ0n) is 10.1. The van der Waals surface area contributed by atoms with E-state index in [-0.39, 0.29) is 12.0 Å². The van der Waals surface area contributed by atoms with Crippen molar-refractivity contribution in [3.8, 4) is 0 Å². The van der Waals surface area contributed by atoms with Crippen molar-refractivity contribution in [2.45, 2.75) is 31.8 Å². The Kier molecular flexibility index (Phi) is 2.63. The van der Waals surface area contributed by atoms with Crippen molar-refractivity contribution in [1.82, 2.24) is 0 Å². The summed E-state index contributed by atoms with van der Waals surface area (Å²) in [5.41, 5.74) is 2.35. The number of fused-ring (bicyclic) bond motifs is 1. The Bertz CT molecular complexity index is 438. The number of carbonyl (C=O) groups excluding carboxylic acids is 1. The van der Waals surface area contributed by atoms with Crippen molar-refractivity contribution < 1.29 is 9.53 Å². The molecule has 2 aliphatic rings. The Labute approximate surface area is 101 Å². The van der Waals surface area contributed by atoms with Gasteiger partial charge in [-0.3, -0.25) is 4.79 Å². The second kappa shape index (κ2) is 4.15. The van der Waals surface area contributed by atoms with E-state index in [1.807, 2.05) is 23.1 Å². The summed E-state index contributed by atoms with van der Waals surface area (Å²) in [5.74, 6) is 0.566. The van der Waals surface area contributed by atoms with Gasteiger partial charge in [0.15, 0.2) is 0 Å². The highest BCUT2D eigenvalue weighted by molar-refractivity contribution is 5.98. The van der Waals surface area contributed by atoms with Crippen LogP contribution in [0.3, 0.4) is 0 Å². The minimum Gasteiger partial charge on any atom is -0.368 e. The van der Waals surface area contributed by atoms with Gasteiger partial charge in [0.2, 0.25) is 0 Å². The average molecular weight is 231 g/mol. The molecular formula is C14H17NO2. The van der Waals surface area contributed by atoms with Crippen LogP contribution in [-0.4, -0.2) is 25.2 Å². The smallest absolute Gasteiger partial charge is 0.256 e. The van der Waals surface area contributed by atoms with Gasteiger partial charge in [-0.2, -0.15) is 0 Å². The van der Waals surface area contributed by atoms with Crippen LogP contribution in [0.1, 0.15) is 31.2 Å². The first-order valence-electron chi connectivity index (χ1n) is 6.29.